The number of carboxylic acid groups (broad SMARTS) is 1. The Labute approximate surface area is 155 Å². The first kappa shape index (κ1) is 16.5. The van der Waals surface area contributed by atoms with Crippen molar-refractivity contribution in [2.75, 3.05) is 0 Å². The van der Waals surface area contributed by atoms with Crippen molar-refractivity contribution in [2.24, 2.45) is 0 Å². The van der Waals surface area contributed by atoms with E-state index in [0.29, 0.717) is 11.1 Å². The molecule has 0 saturated heterocycles. The smallest absolute Gasteiger partial charge is 1.00 e. The molecule has 19 heavy (non-hydrogen) atoms. The summed E-state index contributed by atoms with van der Waals surface area (Å²) in [5.41, 5.74) is 1.74. The van der Waals surface area contributed by atoms with Gasteiger partial charge in [0.25, 0.3) is 0 Å². The molecule has 1 N–H and O–H groups in total. The molecule has 2 aromatic rings. The van der Waals surface area contributed by atoms with Crippen molar-refractivity contribution in [3.63, 3.8) is 0 Å². The van der Waals surface area contributed by atoms with Crippen LogP contribution in [-0.2, 0) is 4.79 Å². The number of benzene rings is 2. The molecule has 0 aliphatic carbocycles. The van der Waals surface area contributed by atoms with Gasteiger partial charge in [-0.15, -0.1) is 0 Å². The predicted octanol–water partition coefficient (Wildman–Crippen LogP) is 0.797. The summed E-state index contributed by atoms with van der Waals surface area (Å²) in [6, 6.07) is 13.7. The molecule has 0 aliphatic rings. The molecule has 2 nitrogen and oxygen atoms in total. The van der Waals surface area contributed by atoms with Crippen molar-refractivity contribution in [1.82, 2.24) is 0 Å². The van der Waals surface area contributed by atoms with Gasteiger partial charge in [0.15, 0.2) is 0 Å². The van der Waals surface area contributed by atoms with E-state index in [1.54, 1.807) is 19.1 Å². The minimum Gasteiger partial charge on any atom is -1.00 e. The monoisotopic (exact) mass is 284 g/mol. The minimum atomic E-state index is -0.957. The van der Waals surface area contributed by atoms with Gasteiger partial charge in [0.2, 0.25) is 0 Å². The quantitative estimate of drug-likeness (QED) is 0.847. The summed E-state index contributed by atoms with van der Waals surface area (Å²) in [6.45, 7) is 1.54. The van der Waals surface area contributed by atoms with Crippen LogP contribution in [-0.4, -0.2) is 11.1 Å². The fourth-order valence-electron chi connectivity index (χ4n) is 1.80. The van der Waals surface area contributed by atoms with Crippen LogP contribution in [0.3, 0.4) is 0 Å². The Bertz CT molecular complexity index is 575. The molecule has 0 aromatic heterocycles. The van der Waals surface area contributed by atoms with E-state index >= 15 is 0 Å². The number of hydrogen-bond acceptors (Lipinski definition) is 1. The molecule has 2 rings (SSSR count). The summed E-state index contributed by atoms with van der Waals surface area (Å²) in [6.07, 6.45) is 0. The van der Waals surface area contributed by atoms with Gasteiger partial charge in [0.05, 0.1) is 5.92 Å². The second kappa shape index (κ2) is 7.31. The molecule has 2 aromatic carbocycles. The summed E-state index contributed by atoms with van der Waals surface area (Å²) in [5, 5.41) is 8.89. The number of aliphatic carboxylic acids is 1. The van der Waals surface area contributed by atoms with E-state index in [2.05, 4.69) is 0 Å². The van der Waals surface area contributed by atoms with Crippen LogP contribution in [0.5, 0.6) is 0 Å². The topological polar surface area (TPSA) is 37.3 Å². The molecule has 0 amide bonds. The molecule has 1 atom stereocenters. The van der Waals surface area contributed by atoms with E-state index in [0.717, 1.165) is 5.56 Å². The van der Waals surface area contributed by atoms with Crippen LogP contribution in [0, 0.1) is 5.82 Å². The zero-order chi connectivity index (χ0) is 13.1. The van der Waals surface area contributed by atoms with Gasteiger partial charge < -0.3 is 6.53 Å². The number of rotatable bonds is 3. The Morgan fingerprint density at radius 3 is 2.37 bits per heavy atom. The van der Waals surface area contributed by atoms with E-state index in [-0.39, 0.29) is 52.8 Å². The SMILES string of the molecule is CC(C(=O)O)c1ccc(-c2ccccc2)c(F)c1.[H-].[K+]. The molecule has 0 bridgehead atoms. The van der Waals surface area contributed by atoms with Gasteiger partial charge in [-0.3, -0.25) is 4.79 Å². The third-order valence-electron chi connectivity index (χ3n) is 2.95. The van der Waals surface area contributed by atoms with Gasteiger partial charge in [0.1, 0.15) is 5.82 Å². The standard InChI is InChI=1S/C15H13FO2.K.H/c1-10(15(17)18)12-7-8-13(14(16)9-12)11-5-3-2-4-6-11;;/h2-10H,1H3,(H,17,18);;/q;+1;-1. The molecular weight excluding hydrogens is 270 g/mol. The van der Waals surface area contributed by atoms with Crippen LogP contribution in [0.2, 0.25) is 0 Å². The molecule has 0 spiro atoms. The maximum Gasteiger partial charge on any atom is 1.00 e. The van der Waals surface area contributed by atoms with Crippen molar-refractivity contribution >= 4 is 5.97 Å². The van der Waals surface area contributed by atoms with Crippen LogP contribution in [0.15, 0.2) is 48.5 Å². The fraction of sp³-hybridized carbons (Fsp3) is 0.133. The van der Waals surface area contributed by atoms with Crippen LogP contribution >= 0.6 is 0 Å². The molecule has 0 saturated carbocycles. The maximum atomic E-state index is 14.0. The Kier molecular flexibility index (Phi) is 6.36. The second-order valence-electron chi connectivity index (χ2n) is 4.17. The number of hydrogen-bond donors (Lipinski definition) is 1. The minimum absolute atomic E-state index is 0. The largest absolute Gasteiger partial charge is 1.00 e. The molecule has 0 heterocycles. The Hall–Kier alpha value is -0.524. The third kappa shape index (κ3) is 3.97. The van der Waals surface area contributed by atoms with E-state index in [4.69, 9.17) is 5.11 Å². The molecule has 94 valence electrons. The Morgan fingerprint density at radius 2 is 1.84 bits per heavy atom. The number of carboxylic acids is 1. The molecule has 1 unspecified atom stereocenters. The van der Waals surface area contributed by atoms with Crippen molar-refractivity contribution in [2.45, 2.75) is 12.8 Å². The van der Waals surface area contributed by atoms with E-state index in [1.165, 1.54) is 6.07 Å². The van der Waals surface area contributed by atoms with Gasteiger partial charge in [0, 0.05) is 5.56 Å². The van der Waals surface area contributed by atoms with Crippen molar-refractivity contribution in [1.29, 1.82) is 0 Å². The van der Waals surface area contributed by atoms with Crippen LogP contribution in [0.4, 0.5) is 4.39 Å². The first-order chi connectivity index (χ1) is 8.59. The van der Waals surface area contributed by atoms with Gasteiger partial charge in [-0.25, -0.2) is 4.39 Å². The summed E-state index contributed by atoms with van der Waals surface area (Å²) in [5.74, 6) is -2.06. The summed E-state index contributed by atoms with van der Waals surface area (Å²) >= 11 is 0. The van der Waals surface area contributed by atoms with E-state index in [9.17, 15) is 9.18 Å². The number of halogens is 1. The van der Waals surface area contributed by atoms with E-state index in [1.807, 2.05) is 30.3 Å². The normalized spacial score (nSPS) is 11.5. The first-order valence-corrected chi connectivity index (χ1v) is 5.67. The van der Waals surface area contributed by atoms with Crippen LogP contribution < -0.4 is 51.4 Å². The number of carbonyl (C=O) groups is 1. The van der Waals surface area contributed by atoms with E-state index < -0.39 is 17.7 Å². The average Bonchev–Trinajstić information content (AvgIpc) is 2.38. The molecule has 4 heteroatoms. The zero-order valence-corrected chi connectivity index (χ0v) is 14.1. The zero-order valence-electron chi connectivity index (χ0n) is 11.9. The summed E-state index contributed by atoms with van der Waals surface area (Å²) in [7, 11) is 0. The average molecular weight is 284 g/mol. The van der Waals surface area contributed by atoms with Crippen LogP contribution in [0.25, 0.3) is 11.1 Å². The molecule has 0 aliphatic heterocycles. The van der Waals surface area contributed by atoms with Gasteiger partial charge in [-0.2, -0.15) is 0 Å². The molecule has 0 fully saturated rings. The molecular formula is C15H14FKO2. The molecule has 0 radical (unpaired) electrons. The third-order valence-corrected chi connectivity index (χ3v) is 2.95. The van der Waals surface area contributed by atoms with Crippen molar-refractivity contribution < 1.29 is 67.1 Å². The summed E-state index contributed by atoms with van der Waals surface area (Å²) < 4.78 is 14.0. The fourth-order valence-corrected chi connectivity index (χ4v) is 1.80. The van der Waals surface area contributed by atoms with Crippen molar-refractivity contribution in [3.05, 3.63) is 59.9 Å². The van der Waals surface area contributed by atoms with Crippen LogP contribution in [0.1, 0.15) is 19.8 Å². The summed E-state index contributed by atoms with van der Waals surface area (Å²) in [4.78, 5) is 10.8. The maximum absolute atomic E-state index is 14.0. The Morgan fingerprint density at radius 1 is 1.21 bits per heavy atom. The Balaban J connectivity index is 0.00000180. The second-order valence-corrected chi connectivity index (χ2v) is 4.17. The predicted molar refractivity (Wildman–Crippen MR) is 69.0 cm³/mol. The van der Waals surface area contributed by atoms with Crippen molar-refractivity contribution in [3.8, 4) is 11.1 Å². The van der Waals surface area contributed by atoms with Gasteiger partial charge >= 0.3 is 57.4 Å². The first-order valence-electron chi connectivity index (χ1n) is 5.67. The van der Waals surface area contributed by atoms with Gasteiger partial charge in [-0.1, -0.05) is 42.5 Å². The van der Waals surface area contributed by atoms with Gasteiger partial charge in [-0.05, 0) is 24.1 Å².